The Morgan fingerprint density at radius 3 is 2.55 bits per heavy atom. The first-order valence-corrected chi connectivity index (χ1v) is 8.41. The van der Waals surface area contributed by atoms with Gasteiger partial charge in [-0.2, -0.15) is 5.10 Å². The molecule has 3 N–H and O–H groups in total. The second-order valence-electron chi connectivity index (χ2n) is 4.49. The lowest BCUT2D eigenvalue weighted by Crippen LogP contribution is -2.09. The lowest BCUT2D eigenvalue weighted by atomic mass is 10.0. The average Bonchev–Trinajstić information content (AvgIpc) is 2.69. The van der Waals surface area contributed by atoms with E-state index in [1.54, 1.807) is 25.1 Å². The largest absolute Gasteiger partial charge is 0.382 e. The first-order valence-electron chi connectivity index (χ1n) is 5.70. The molecule has 2 aromatic rings. The van der Waals surface area contributed by atoms with Gasteiger partial charge in [0.1, 0.15) is 5.25 Å². The minimum Gasteiger partial charge on any atom is -0.382 e. The van der Waals surface area contributed by atoms with E-state index in [-0.39, 0.29) is 5.82 Å². The van der Waals surface area contributed by atoms with Crippen LogP contribution in [0.2, 0.25) is 10.0 Å². The predicted molar refractivity (Wildman–Crippen MR) is 81.7 cm³/mol. The van der Waals surface area contributed by atoms with Crippen molar-refractivity contribution in [3.8, 4) is 11.1 Å². The Labute approximate surface area is 127 Å². The molecule has 0 aliphatic carbocycles. The second-order valence-corrected chi connectivity index (χ2v) is 7.70. The quantitative estimate of drug-likeness (QED) is 0.903. The molecule has 8 heteroatoms. The van der Waals surface area contributed by atoms with E-state index in [2.05, 4.69) is 10.2 Å². The number of rotatable bonds is 3. The number of nitrogen functional groups attached to an aromatic ring is 1. The average molecular weight is 334 g/mol. The maximum Gasteiger partial charge on any atom is 0.155 e. The van der Waals surface area contributed by atoms with E-state index in [9.17, 15) is 8.42 Å². The molecule has 5 nitrogen and oxygen atoms in total. The zero-order valence-electron chi connectivity index (χ0n) is 10.8. The molecule has 2 rings (SSSR count). The second kappa shape index (κ2) is 5.27. The summed E-state index contributed by atoms with van der Waals surface area (Å²) in [5.74, 6) is 0.194. The van der Waals surface area contributed by atoms with Crippen molar-refractivity contribution in [2.45, 2.75) is 12.2 Å². The van der Waals surface area contributed by atoms with Gasteiger partial charge in [0.2, 0.25) is 0 Å². The highest BCUT2D eigenvalue weighted by atomic mass is 35.5. The zero-order chi connectivity index (χ0) is 15.1. The molecule has 1 aromatic carbocycles. The number of nitrogens with zero attached hydrogens (tertiary/aromatic N) is 1. The van der Waals surface area contributed by atoms with Crippen LogP contribution in [0.3, 0.4) is 0 Å². The lowest BCUT2D eigenvalue weighted by Gasteiger charge is -2.11. The molecule has 0 bridgehead atoms. The minimum atomic E-state index is -3.29. The Bertz CT molecular complexity index is 756. The highest BCUT2D eigenvalue weighted by molar-refractivity contribution is 7.90. The Morgan fingerprint density at radius 1 is 1.35 bits per heavy atom. The summed E-state index contributed by atoms with van der Waals surface area (Å²) < 4.78 is 23.4. The number of anilines is 1. The summed E-state index contributed by atoms with van der Waals surface area (Å²) in [6, 6.07) is 4.91. The van der Waals surface area contributed by atoms with Crippen molar-refractivity contribution < 1.29 is 8.42 Å². The van der Waals surface area contributed by atoms with Crippen LogP contribution in [0.15, 0.2) is 18.2 Å². The van der Waals surface area contributed by atoms with Crippen LogP contribution < -0.4 is 5.73 Å². The topological polar surface area (TPSA) is 88.8 Å². The van der Waals surface area contributed by atoms with E-state index < -0.39 is 15.1 Å². The van der Waals surface area contributed by atoms with Gasteiger partial charge in [0.15, 0.2) is 15.7 Å². The summed E-state index contributed by atoms with van der Waals surface area (Å²) in [6.45, 7) is 1.57. The molecule has 20 heavy (non-hydrogen) atoms. The fraction of sp³-hybridized carbons (Fsp3) is 0.250. The summed E-state index contributed by atoms with van der Waals surface area (Å²) in [7, 11) is -3.29. The Morgan fingerprint density at radius 2 is 2.00 bits per heavy atom. The fourth-order valence-corrected chi connectivity index (χ4v) is 2.96. The van der Waals surface area contributed by atoms with Crippen molar-refractivity contribution in [2.24, 2.45) is 0 Å². The molecule has 108 valence electrons. The molecule has 1 heterocycles. The number of nitrogens with two attached hydrogens (primary N) is 1. The molecule has 0 saturated carbocycles. The minimum absolute atomic E-state index is 0.194. The zero-order valence-corrected chi connectivity index (χ0v) is 13.1. The third-order valence-corrected chi connectivity index (χ3v) is 5.14. The van der Waals surface area contributed by atoms with Crippen molar-refractivity contribution in [3.05, 3.63) is 33.9 Å². The fourth-order valence-electron chi connectivity index (χ4n) is 1.85. The van der Waals surface area contributed by atoms with Crippen molar-refractivity contribution in [1.82, 2.24) is 10.2 Å². The van der Waals surface area contributed by atoms with Gasteiger partial charge in [-0.05, 0) is 19.1 Å². The summed E-state index contributed by atoms with van der Waals surface area (Å²) >= 11 is 12.0. The number of benzene rings is 1. The van der Waals surface area contributed by atoms with Gasteiger partial charge in [0.05, 0.1) is 10.7 Å². The van der Waals surface area contributed by atoms with Gasteiger partial charge in [0, 0.05) is 22.4 Å². The Kier molecular flexibility index (Phi) is 4.00. The van der Waals surface area contributed by atoms with Gasteiger partial charge in [0.25, 0.3) is 0 Å². The summed E-state index contributed by atoms with van der Waals surface area (Å²) in [5, 5.41) is 6.66. The first-order chi connectivity index (χ1) is 9.21. The van der Waals surface area contributed by atoms with E-state index in [0.29, 0.717) is 26.9 Å². The lowest BCUT2D eigenvalue weighted by molar-refractivity contribution is 0.591. The van der Waals surface area contributed by atoms with Crippen molar-refractivity contribution in [2.75, 3.05) is 12.0 Å². The standard InChI is InChI=1S/C12H13Cl2N3O2S/c1-6(20(2,18)19)11-10(12(15)17-16-11)8-4-3-7(13)5-9(8)14/h3-6H,1-2H3,(H3,15,16,17). The van der Waals surface area contributed by atoms with Crippen molar-refractivity contribution in [1.29, 1.82) is 0 Å². The monoisotopic (exact) mass is 333 g/mol. The Hall–Kier alpha value is -1.24. The van der Waals surface area contributed by atoms with Crippen LogP contribution >= 0.6 is 23.2 Å². The van der Waals surface area contributed by atoms with Crippen LogP contribution in [0.25, 0.3) is 11.1 Å². The molecule has 0 amide bonds. The van der Waals surface area contributed by atoms with Crippen molar-refractivity contribution >= 4 is 38.9 Å². The number of nitrogens with one attached hydrogen (secondary N) is 1. The Balaban J connectivity index is 2.66. The molecule has 0 saturated heterocycles. The highest BCUT2D eigenvalue weighted by Crippen LogP contribution is 2.38. The molecule has 1 atom stereocenters. The molecule has 1 aromatic heterocycles. The van der Waals surface area contributed by atoms with Crippen LogP contribution in [-0.4, -0.2) is 24.9 Å². The van der Waals surface area contributed by atoms with E-state index in [0.717, 1.165) is 6.26 Å². The van der Waals surface area contributed by atoms with Gasteiger partial charge < -0.3 is 5.73 Å². The number of sulfone groups is 1. The maximum absolute atomic E-state index is 11.7. The van der Waals surface area contributed by atoms with Gasteiger partial charge in [-0.1, -0.05) is 29.3 Å². The molecule has 0 aliphatic rings. The molecule has 0 spiro atoms. The van der Waals surface area contributed by atoms with E-state index >= 15 is 0 Å². The van der Waals surface area contributed by atoms with Gasteiger partial charge in [-0.15, -0.1) is 0 Å². The van der Waals surface area contributed by atoms with E-state index in [1.165, 1.54) is 0 Å². The molecule has 1 unspecified atom stereocenters. The molecule has 0 aliphatic heterocycles. The summed E-state index contributed by atoms with van der Waals surface area (Å²) in [4.78, 5) is 0. The highest BCUT2D eigenvalue weighted by Gasteiger charge is 2.26. The maximum atomic E-state index is 11.7. The number of aromatic nitrogens is 2. The van der Waals surface area contributed by atoms with Gasteiger partial charge in [-0.3, -0.25) is 5.10 Å². The molecule has 0 radical (unpaired) electrons. The number of H-pyrrole nitrogens is 1. The van der Waals surface area contributed by atoms with Crippen LogP contribution in [0, 0.1) is 0 Å². The number of hydrogen-bond acceptors (Lipinski definition) is 4. The smallest absolute Gasteiger partial charge is 0.155 e. The van der Waals surface area contributed by atoms with Crippen LogP contribution in [-0.2, 0) is 9.84 Å². The van der Waals surface area contributed by atoms with E-state index in [4.69, 9.17) is 28.9 Å². The first kappa shape index (κ1) is 15.2. The van der Waals surface area contributed by atoms with Crippen LogP contribution in [0.4, 0.5) is 5.82 Å². The number of halogens is 2. The van der Waals surface area contributed by atoms with E-state index in [1.807, 2.05) is 0 Å². The van der Waals surface area contributed by atoms with Gasteiger partial charge in [-0.25, -0.2) is 8.42 Å². The summed E-state index contributed by atoms with van der Waals surface area (Å²) in [5.41, 5.74) is 7.32. The number of aromatic amines is 1. The van der Waals surface area contributed by atoms with Crippen LogP contribution in [0.5, 0.6) is 0 Å². The molecular weight excluding hydrogens is 321 g/mol. The van der Waals surface area contributed by atoms with Crippen molar-refractivity contribution in [3.63, 3.8) is 0 Å². The molecule has 0 fully saturated rings. The normalized spacial score (nSPS) is 13.4. The van der Waals surface area contributed by atoms with Gasteiger partial charge >= 0.3 is 0 Å². The number of hydrogen-bond donors (Lipinski definition) is 2. The SMILES string of the molecule is CC(c1[nH]nc(N)c1-c1ccc(Cl)cc1Cl)S(C)(=O)=O. The van der Waals surface area contributed by atoms with Crippen LogP contribution in [0.1, 0.15) is 17.9 Å². The third kappa shape index (κ3) is 2.77. The molecular formula is C12H13Cl2N3O2S. The summed E-state index contributed by atoms with van der Waals surface area (Å²) in [6.07, 6.45) is 1.15. The third-order valence-electron chi connectivity index (χ3n) is 3.07. The predicted octanol–water partition coefficient (Wildman–Crippen LogP) is 3.07.